The molecule has 0 amide bonds. The molecule has 4 atom stereocenters. The normalized spacial score (nSPS) is 25.7. The molecule has 0 aliphatic heterocycles. The Morgan fingerprint density at radius 3 is 2.58 bits per heavy atom. The Bertz CT molecular complexity index is 469. The molecule has 1 rings (SSSR count). The van der Waals surface area contributed by atoms with Gasteiger partial charge in [0, 0.05) is 24.7 Å². The van der Waals surface area contributed by atoms with Gasteiger partial charge in [0.25, 0.3) is 0 Å². The zero-order valence-electron chi connectivity index (χ0n) is 16.3. The third kappa shape index (κ3) is 8.45. The van der Waals surface area contributed by atoms with E-state index in [9.17, 15) is 19.8 Å². The fourth-order valence-corrected chi connectivity index (χ4v) is 3.72. The van der Waals surface area contributed by atoms with Gasteiger partial charge < -0.3 is 15.3 Å². The van der Waals surface area contributed by atoms with Crippen molar-refractivity contribution in [1.29, 1.82) is 0 Å². The Labute approximate surface area is 157 Å². The van der Waals surface area contributed by atoms with Gasteiger partial charge in [0.2, 0.25) is 0 Å². The molecule has 5 nitrogen and oxygen atoms in total. The highest BCUT2D eigenvalue weighted by atomic mass is 16.4. The molecular weight excluding hydrogens is 332 g/mol. The quantitative estimate of drug-likeness (QED) is 0.339. The molecule has 0 aromatic heterocycles. The minimum Gasteiger partial charge on any atom is -0.481 e. The lowest BCUT2D eigenvalue weighted by atomic mass is 9.87. The molecule has 0 heterocycles. The van der Waals surface area contributed by atoms with E-state index in [0.29, 0.717) is 12.8 Å². The van der Waals surface area contributed by atoms with Gasteiger partial charge in [-0.1, -0.05) is 51.2 Å². The number of aliphatic hydroxyl groups excluding tert-OH is 1. The number of ketones is 1. The van der Waals surface area contributed by atoms with E-state index in [1.54, 1.807) is 0 Å². The molecule has 0 spiro atoms. The van der Waals surface area contributed by atoms with Crippen molar-refractivity contribution in [3.05, 3.63) is 12.2 Å². The van der Waals surface area contributed by atoms with E-state index >= 15 is 0 Å². The summed E-state index contributed by atoms with van der Waals surface area (Å²) in [5.41, 5.74) is -0.736. The molecule has 1 fully saturated rings. The predicted molar refractivity (Wildman–Crippen MR) is 102 cm³/mol. The van der Waals surface area contributed by atoms with Gasteiger partial charge >= 0.3 is 5.97 Å². The minimum absolute atomic E-state index is 0.121. The van der Waals surface area contributed by atoms with E-state index in [2.05, 4.69) is 6.92 Å². The molecule has 1 aliphatic rings. The molecule has 0 radical (unpaired) electrons. The average Bonchev–Trinajstić information content (AvgIpc) is 2.82. The molecular formula is C21H36O5. The number of aliphatic carboxylic acids is 1. The van der Waals surface area contributed by atoms with Crippen molar-refractivity contribution >= 4 is 11.8 Å². The summed E-state index contributed by atoms with van der Waals surface area (Å²) in [5.74, 6) is -0.959. The molecule has 1 aliphatic carbocycles. The number of hydrogen-bond donors (Lipinski definition) is 3. The fourth-order valence-electron chi connectivity index (χ4n) is 3.72. The zero-order chi connectivity index (χ0) is 19.6. The number of aliphatic hydroxyl groups is 2. The van der Waals surface area contributed by atoms with Crippen molar-refractivity contribution in [2.75, 3.05) is 0 Å². The molecule has 0 bridgehead atoms. The van der Waals surface area contributed by atoms with Crippen LogP contribution in [0.5, 0.6) is 0 Å². The Morgan fingerprint density at radius 2 is 1.92 bits per heavy atom. The largest absolute Gasteiger partial charge is 0.481 e. The highest BCUT2D eigenvalue weighted by Crippen LogP contribution is 2.34. The summed E-state index contributed by atoms with van der Waals surface area (Å²) < 4.78 is 0. The van der Waals surface area contributed by atoms with Gasteiger partial charge in [-0.15, -0.1) is 0 Å². The lowest BCUT2D eigenvalue weighted by Gasteiger charge is -2.22. The number of carboxylic acids is 1. The monoisotopic (exact) mass is 368 g/mol. The second kappa shape index (κ2) is 11.5. The van der Waals surface area contributed by atoms with Gasteiger partial charge in [-0.05, 0) is 32.6 Å². The van der Waals surface area contributed by atoms with E-state index in [0.717, 1.165) is 44.9 Å². The van der Waals surface area contributed by atoms with Gasteiger partial charge in [0.1, 0.15) is 5.78 Å². The van der Waals surface area contributed by atoms with Crippen LogP contribution in [-0.4, -0.2) is 38.8 Å². The van der Waals surface area contributed by atoms with Crippen LogP contribution in [0.2, 0.25) is 0 Å². The molecule has 0 unspecified atom stereocenters. The summed E-state index contributed by atoms with van der Waals surface area (Å²) in [6.45, 7) is 3.93. The van der Waals surface area contributed by atoms with Gasteiger partial charge in [-0.3, -0.25) is 9.59 Å². The molecule has 3 N–H and O–H groups in total. The average molecular weight is 369 g/mol. The molecule has 0 aromatic rings. The van der Waals surface area contributed by atoms with E-state index in [1.165, 1.54) is 0 Å². The number of carboxylic acid groups (broad SMARTS) is 1. The van der Waals surface area contributed by atoms with Crippen LogP contribution in [0, 0.1) is 11.8 Å². The second-order valence-corrected chi connectivity index (χ2v) is 8.00. The van der Waals surface area contributed by atoms with Crippen molar-refractivity contribution in [3.63, 3.8) is 0 Å². The fraction of sp³-hybridized carbons (Fsp3) is 0.810. The van der Waals surface area contributed by atoms with Crippen molar-refractivity contribution < 1.29 is 24.9 Å². The lowest BCUT2D eigenvalue weighted by molar-refractivity contribution is -0.137. The van der Waals surface area contributed by atoms with Crippen LogP contribution < -0.4 is 0 Å². The Hall–Kier alpha value is -1.20. The SMILES string of the molecule is CCCC[C@](C)(O)C/C=C\[C@H]1[C@H](O)CC(=O)[C@@H]1CCCCCCC(=O)O. The number of rotatable bonds is 13. The van der Waals surface area contributed by atoms with Crippen LogP contribution in [0.25, 0.3) is 0 Å². The molecule has 5 heteroatoms. The smallest absolute Gasteiger partial charge is 0.303 e. The Balaban J connectivity index is 2.44. The van der Waals surface area contributed by atoms with Crippen LogP contribution >= 0.6 is 0 Å². The number of carbonyl (C=O) groups is 2. The summed E-state index contributed by atoms with van der Waals surface area (Å²) in [6, 6.07) is 0. The van der Waals surface area contributed by atoms with Gasteiger partial charge in [-0.2, -0.15) is 0 Å². The van der Waals surface area contributed by atoms with E-state index in [-0.39, 0.29) is 30.5 Å². The highest BCUT2D eigenvalue weighted by molar-refractivity contribution is 5.84. The van der Waals surface area contributed by atoms with Crippen LogP contribution in [0.3, 0.4) is 0 Å². The minimum atomic E-state index is -0.765. The third-order valence-corrected chi connectivity index (χ3v) is 5.37. The van der Waals surface area contributed by atoms with Gasteiger partial charge in [0.15, 0.2) is 0 Å². The maximum Gasteiger partial charge on any atom is 0.303 e. The number of carbonyl (C=O) groups excluding carboxylic acids is 1. The van der Waals surface area contributed by atoms with Crippen LogP contribution in [0.1, 0.15) is 84.5 Å². The first-order chi connectivity index (χ1) is 12.3. The number of Topliss-reactive ketones (excluding diaryl/α,β-unsaturated/α-hetero) is 1. The molecule has 26 heavy (non-hydrogen) atoms. The van der Waals surface area contributed by atoms with Crippen molar-refractivity contribution in [1.82, 2.24) is 0 Å². The van der Waals surface area contributed by atoms with Crippen molar-refractivity contribution in [2.45, 2.75) is 96.2 Å². The predicted octanol–water partition coefficient (Wildman–Crippen LogP) is 3.87. The zero-order valence-corrected chi connectivity index (χ0v) is 16.3. The molecule has 0 aromatic carbocycles. The van der Waals surface area contributed by atoms with Crippen molar-refractivity contribution in [3.8, 4) is 0 Å². The maximum atomic E-state index is 12.2. The standard InChI is InChI=1S/C21H36O5/c1-3-4-13-21(2,26)14-9-11-17-16(18(22)15-19(17)23)10-7-5-6-8-12-20(24)25/h9,11,16-17,19,23,26H,3-8,10,12-15H2,1-2H3,(H,24,25)/b11-9-/t16-,17-,19-,21+/m1/s1. The Morgan fingerprint density at radius 1 is 1.23 bits per heavy atom. The third-order valence-electron chi connectivity index (χ3n) is 5.37. The van der Waals surface area contributed by atoms with Crippen LogP contribution in [0.4, 0.5) is 0 Å². The van der Waals surface area contributed by atoms with Crippen molar-refractivity contribution in [2.24, 2.45) is 11.8 Å². The van der Waals surface area contributed by atoms with Crippen LogP contribution in [-0.2, 0) is 9.59 Å². The van der Waals surface area contributed by atoms with Gasteiger partial charge in [0.05, 0.1) is 11.7 Å². The molecule has 1 saturated carbocycles. The summed E-state index contributed by atoms with van der Waals surface area (Å²) >= 11 is 0. The summed E-state index contributed by atoms with van der Waals surface area (Å²) in [5, 5.41) is 29.2. The first-order valence-corrected chi connectivity index (χ1v) is 10.1. The topological polar surface area (TPSA) is 94.8 Å². The maximum absolute atomic E-state index is 12.2. The first kappa shape index (κ1) is 22.8. The van der Waals surface area contributed by atoms with E-state index in [4.69, 9.17) is 5.11 Å². The lowest BCUT2D eigenvalue weighted by Crippen LogP contribution is -2.23. The second-order valence-electron chi connectivity index (χ2n) is 8.00. The van der Waals surface area contributed by atoms with E-state index in [1.807, 2.05) is 19.1 Å². The van der Waals surface area contributed by atoms with Gasteiger partial charge in [-0.25, -0.2) is 0 Å². The number of hydrogen-bond acceptors (Lipinski definition) is 4. The summed E-state index contributed by atoms with van der Waals surface area (Å²) in [4.78, 5) is 22.7. The molecule has 0 saturated heterocycles. The number of unbranched alkanes of at least 4 members (excludes halogenated alkanes) is 4. The van der Waals surface area contributed by atoms with E-state index < -0.39 is 17.7 Å². The van der Waals surface area contributed by atoms with Crippen LogP contribution in [0.15, 0.2) is 12.2 Å². The first-order valence-electron chi connectivity index (χ1n) is 10.1. The molecule has 150 valence electrons. The Kier molecular flexibility index (Phi) is 10.1. The summed E-state index contributed by atoms with van der Waals surface area (Å²) in [7, 11) is 0. The highest BCUT2D eigenvalue weighted by Gasteiger charge is 2.39. The summed E-state index contributed by atoms with van der Waals surface area (Å²) in [6.07, 6.45) is 11.0.